The SMILES string of the molecule is O=C(O)Cc1nc(-c2ccccc2[N+](=O)[O-])ns1. The molecule has 0 aliphatic rings. The summed E-state index contributed by atoms with van der Waals surface area (Å²) >= 11 is 0.929. The maximum Gasteiger partial charge on any atom is 0.310 e. The number of nitro groups is 1. The molecule has 0 spiro atoms. The van der Waals surface area contributed by atoms with E-state index in [-0.39, 0.29) is 23.5 Å². The lowest BCUT2D eigenvalue weighted by Crippen LogP contribution is -1.99. The highest BCUT2D eigenvalue weighted by Crippen LogP contribution is 2.28. The molecule has 92 valence electrons. The monoisotopic (exact) mass is 265 g/mol. The number of aliphatic carboxylic acids is 1. The second-order valence-electron chi connectivity index (χ2n) is 3.36. The minimum atomic E-state index is -1.01. The van der Waals surface area contributed by atoms with E-state index < -0.39 is 10.9 Å². The zero-order valence-corrected chi connectivity index (χ0v) is 9.75. The first kappa shape index (κ1) is 12.1. The third-order valence-corrected chi connectivity index (χ3v) is 2.82. The first-order chi connectivity index (χ1) is 8.58. The molecule has 1 aromatic carbocycles. The van der Waals surface area contributed by atoms with E-state index in [2.05, 4.69) is 9.36 Å². The van der Waals surface area contributed by atoms with Crippen molar-refractivity contribution < 1.29 is 14.8 Å². The molecule has 0 fully saturated rings. The minimum absolute atomic E-state index is 0.0998. The Balaban J connectivity index is 2.40. The van der Waals surface area contributed by atoms with Gasteiger partial charge in [-0.3, -0.25) is 14.9 Å². The van der Waals surface area contributed by atoms with Crippen molar-refractivity contribution in [3.05, 3.63) is 39.4 Å². The molecule has 0 aliphatic heterocycles. The molecule has 7 nitrogen and oxygen atoms in total. The van der Waals surface area contributed by atoms with Crippen molar-refractivity contribution in [1.29, 1.82) is 0 Å². The molecule has 0 aliphatic carbocycles. The number of nitro benzene ring substituents is 1. The second-order valence-corrected chi connectivity index (χ2v) is 4.19. The van der Waals surface area contributed by atoms with Crippen LogP contribution in [0.4, 0.5) is 5.69 Å². The van der Waals surface area contributed by atoms with E-state index in [4.69, 9.17) is 5.11 Å². The fourth-order valence-electron chi connectivity index (χ4n) is 1.39. The molecular formula is C10H7N3O4S. The molecule has 0 bridgehead atoms. The van der Waals surface area contributed by atoms with Gasteiger partial charge in [0, 0.05) is 6.07 Å². The summed E-state index contributed by atoms with van der Waals surface area (Å²) in [6.45, 7) is 0. The van der Waals surface area contributed by atoms with Crippen molar-refractivity contribution >= 4 is 23.2 Å². The highest BCUT2D eigenvalue weighted by Gasteiger charge is 2.18. The van der Waals surface area contributed by atoms with E-state index in [9.17, 15) is 14.9 Å². The number of carboxylic acid groups (broad SMARTS) is 1. The van der Waals surface area contributed by atoms with Crippen LogP contribution in [0.3, 0.4) is 0 Å². The molecule has 0 saturated heterocycles. The fourth-order valence-corrected chi connectivity index (χ4v) is 2.03. The summed E-state index contributed by atoms with van der Waals surface area (Å²) in [5, 5.41) is 19.8. The zero-order valence-electron chi connectivity index (χ0n) is 8.94. The predicted molar refractivity (Wildman–Crippen MR) is 63.3 cm³/mol. The number of hydrogen-bond acceptors (Lipinski definition) is 6. The number of aromatic nitrogens is 2. The van der Waals surface area contributed by atoms with Crippen molar-refractivity contribution in [3.63, 3.8) is 0 Å². The van der Waals surface area contributed by atoms with Gasteiger partial charge in [-0.2, -0.15) is 4.37 Å². The molecule has 0 radical (unpaired) electrons. The van der Waals surface area contributed by atoms with Crippen LogP contribution in [0, 0.1) is 10.1 Å². The van der Waals surface area contributed by atoms with E-state index in [0.717, 1.165) is 11.5 Å². The van der Waals surface area contributed by atoms with Gasteiger partial charge in [0.2, 0.25) is 0 Å². The number of para-hydroxylation sites is 1. The van der Waals surface area contributed by atoms with E-state index in [1.807, 2.05) is 0 Å². The molecule has 2 aromatic rings. The van der Waals surface area contributed by atoms with Crippen LogP contribution in [-0.2, 0) is 11.2 Å². The molecule has 0 amide bonds. The van der Waals surface area contributed by atoms with Crippen LogP contribution in [-0.4, -0.2) is 25.4 Å². The average molecular weight is 265 g/mol. The van der Waals surface area contributed by atoms with Crippen LogP contribution in [0.15, 0.2) is 24.3 Å². The number of carbonyl (C=O) groups is 1. The van der Waals surface area contributed by atoms with Crippen molar-refractivity contribution in [2.24, 2.45) is 0 Å². The fraction of sp³-hybridized carbons (Fsp3) is 0.100. The standard InChI is InChI=1S/C10H7N3O4S/c14-9(15)5-8-11-10(12-18-8)6-3-1-2-4-7(6)13(16)17/h1-4H,5H2,(H,14,15). The highest BCUT2D eigenvalue weighted by atomic mass is 32.1. The molecule has 1 aromatic heterocycles. The van der Waals surface area contributed by atoms with Crippen LogP contribution in [0.1, 0.15) is 5.01 Å². The second kappa shape index (κ2) is 4.88. The van der Waals surface area contributed by atoms with Gasteiger partial charge in [0.05, 0.1) is 16.9 Å². The molecular weight excluding hydrogens is 258 g/mol. The average Bonchev–Trinajstić information content (AvgIpc) is 2.76. The van der Waals surface area contributed by atoms with Crippen molar-refractivity contribution in [2.45, 2.75) is 6.42 Å². The van der Waals surface area contributed by atoms with Gasteiger partial charge in [-0.25, -0.2) is 4.98 Å². The summed E-state index contributed by atoms with van der Waals surface area (Å²) in [5.41, 5.74) is 0.188. The van der Waals surface area contributed by atoms with Gasteiger partial charge in [-0.1, -0.05) is 12.1 Å². The van der Waals surface area contributed by atoms with Gasteiger partial charge < -0.3 is 5.11 Å². The van der Waals surface area contributed by atoms with Crippen LogP contribution < -0.4 is 0 Å². The molecule has 1 N–H and O–H groups in total. The number of hydrogen-bond donors (Lipinski definition) is 1. The van der Waals surface area contributed by atoms with Crippen LogP contribution in [0.2, 0.25) is 0 Å². The summed E-state index contributed by atoms with van der Waals surface area (Å²) in [5.74, 6) is -0.830. The number of nitrogens with zero attached hydrogens (tertiary/aromatic N) is 3. The predicted octanol–water partition coefficient (Wildman–Crippen LogP) is 1.74. The van der Waals surface area contributed by atoms with E-state index >= 15 is 0 Å². The Morgan fingerprint density at radius 2 is 2.17 bits per heavy atom. The van der Waals surface area contributed by atoms with Crippen molar-refractivity contribution in [1.82, 2.24) is 9.36 Å². The lowest BCUT2D eigenvalue weighted by Gasteiger charge is -1.96. The molecule has 0 unspecified atom stereocenters. The Morgan fingerprint density at radius 3 is 2.83 bits per heavy atom. The molecule has 8 heteroatoms. The zero-order chi connectivity index (χ0) is 13.1. The normalized spacial score (nSPS) is 10.2. The van der Waals surface area contributed by atoms with Gasteiger partial charge in [0.25, 0.3) is 5.69 Å². The van der Waals surface area contributed by atoms with Crippen molar-refractivity contribution in [2.75, 3.05) is 0 Å². The van der Waals surface area contributed by atoms with Crippen LogP contribution >= 0.6 is 11.5 Å². The quantitative estimate of drug-likeness (QED) is 0.666. The molecule has 0 saturated carbocycles. The van der Waals surface area contributed by atoms with E-state index in [1.54, 1.807) is 12.1 Å². The maximum absolute atomic E-state index is 10.8. The van der Waals surface area contributed by atoms with Gasteiger partial charge in [0.1, 0.15) is 5.01 Å². The summed E-state index contributed by atoms with van der Waals surface area (Å²) in [4.78, 5) is 24.8. The Bertz CT molecular complexity index is 611. The Hall–Kier alpha value is -2.35. The minimum Gasteiger partial charge on any atom is -0.481 e. The number of rotatable bonds is 4. The van der Waals surface area contributed by atoms with Gasteiger partial charge >= 0.3 is 5.97 Å². The Kier molecular flexibility index (Phi) is 3.28. The first-order valence-corrected chi connectivity index (χ1v) is 5.63. The summed E-state index contributed by atoms with van der Waals surface area (Å²) < 4.78 is 3.95. The summed E-state index contributed by atoms with van der Waals surface area (Å²) in [7, 11) is 0. The molecule has 0 atom stereocenters. The first-order valence-electron chi connectivity index (χ1n) is 4.86. The molecule has 2 rings (SSSR count). The maximum atomic E-state index is 10.8. The lowest BCUT2D eigenvalue weighted by molar-refractivity contribution is -0.384. The third kappa shape index (κ3) is 2.48. The van der Waals surface area contributed by atoms with E-state index in [0.29, 0.717) is 5.01 Å². The third-order valence-electron chi connectivity index (χ3n) is 2.11. The smallest absolute Gasteiger partial charge is 0.310 e. The van der Waals surface area contributed by atoms with Gasteiger partial charge in [0.15, 0.2) is 5.82 Å². The largest absolute Gasteiger partial charge is 0.481 e. The van der Waals surface area contributed by atoms with Gasteiger partial charge in [-0.05, 0) is 17.6 Å². The highest BCUT2D eigenvalue weighted by molar-refractivity contribution is 7.05. The van der Waals surface area contributed by atoms with Crippen LogP contribution in [0.5, 0.6) is 0 Å². The summed E-state index contributed by atoms with van der Waals surface area (Å²) in [6.07, 6.45) is -0.238. The van der Waals surface area contributed by atoms with E-state index in [1.165, 1.54) is 12.1 Å². The Morgan fingerprint density at radius 1 is 1.44 bits per heavy atom. The van der Waals surface area contributed by atoms with Crippen LogP contribution in [0.25, 0.3) is 11.4 Å². The topological polar surface area (TPSA) is 106 Å². The molecule has 18 heavy (non-hydrogen) atoms. The lowest BCUT2D eigenvalue weighted by atomic mass is 10.2. The summed E-state index contributed by atoms with van der Waals surface area (Å²) in [6, 6.07) is 6.07. The number of carboxylic acids is 1. The van der Waals surface area contributed by atoms with Crippen molar-refractivity contribution in [3.8, 4) is 11.4 Å². The molecule has 1 heterocycles. The number of benzene rings is 1. The Labute approximate surface area is 105 Å². The van der Waals surface area contributed by atoms with Gasteiger partial charge in [-0.15, -0.1) is 0 Å².